The Morgan fingerprint density at radius 1 is 1.19 bits per heavy atom. The molecule has 0 saturated heterocycles. The van der Waals surface area contributed by atoms with Crippen molar-refractivity contribution >= 4 is 17.0 Å². The summed E-state index contributed by atoms with van der Waals surface area (Å²) in [5.74, 6) is -0.0852. The molecular formula is C20H20N4O2. The van der Waals surface area contributed by atoms with Crippen LogP contribution in [0.25, 0.3) is 11.1 Å². The Balaban J connectivity index is 1.47. The van der Waals surface area contributed by atoms with Crippen molar-refractivity contribution in [3.8, 4) is 0 Å². The Morgan fingerprint density at radius 3 is 2.88 bits per heavy atom. The van der Waals surface area contributed by atoms with E-state index in [1.807, 2.05) is 45.7 Å². The zero-order valence-corrected chi connectivity index (χ0v) is 14.3. The van der Waals surface area contributed by atoms with Crippen LogP contribution in [0.4, 0.5) is 0 Å². The molecule has 6 nitrogen and oxygen atoms in total. The number of hydrogen-bond acceptors (Lipinski definition) is 3. The van der Waals surface area contributed by atoms with Crippen molar-refractivity contribution < 1.29 is 9.21 Å². The maximum Gasteiger partial charge on any atom is 0.268 e. The van der Waals surface area contributed by atoms with E-state index in [1.165, 1.54) is 0 Å². The number of amides is 1. The quantitative estimate of drug-likeness (QED) is 0.521. The van der Waals surface area contributed by atoms with E-state index in [4.69, 9.17) is 4.42 Å². The van der Waals surface area contributed by atoms with Crippen molar-refractivity contribution in [1.82, 2.24) is 19.4 Å². The molecule has 0 unspecified atom stereocenters. The lowest BCUT2D eigenvalue weighted by Crippen LogP contribution is -2.27. The molecule has 3 heterocycles. The van der Waals surface area contributed by atoms with E-state index in [0.717, 1.165) is 29.6 Å². The maximum atomic E-state index is 12.7. The lowest BCUT2D eigenvalue weighted by molar-refractivity contribution is 0.0944. The van der Waals surface area contributed by atoms with Crippen molar-refractivity contribution in [1.29, 1.82) is 0 Å². The summed E-state index contributed by atoms with van der Waals surface area (Å²) in [5, 5.41) is 3.00. The molecule has 4 aromatic rings. The predicted molar refractivity (Wildman–Crippen MR) is 98.9 cm³/mol. The highest BCUT2D eigenvalue weighted by Crippen LogP contribution is 2.22. The molecule has 26 heavy (non-hydrogen) atoms. The van der Waals surface area contributed by atoms with Crippen molar-refractivity contribution in [3.63, 3.8) is 0 Å². The zero-order valence-electron chi connectivity index (χ0n) is 14.3. The Morgan fingerprint density at radius 2 is 2.08 bits per heavy atom. The smallest absolute Gasteiger partial charge is 0.268 e. The van der Waals surface area contributed by atoms with Crippen LogP contribution in [0, 0.1) is 0 Å². The van der Waals surface area contributed by atoms with E-state index < -0.39 is 0 Å². The second-order valence-corrected chi connectivity index (χ2v) is 6.18. The molecule has 1 aromatic carbocycles. The third-order valence-electron chi connectivity index (χ3n) is 4.38. The minimum Gasteiger partial charge on any atom is -0.463 e. The van der Waals surface area contributed by atoms with Gasteiger partial charge in [-0.15, -0.1) is 0 Å². The number of carbonyl (C=O) groups excluding carboxylic acids is 1. The number of aryl methyl sites for hydroxylation is 1. The van der Waals surface area contributed by atoms with Crippen LogP contribution >= 0.6 is 0 Å². The largest absolute Gasteiger partial charge is 0.463 e. The molecule has 0 atom stereocenters. The number of imidazole rings is 1. The number of fused-ring (bicyclic) bond motifs is 1. The molecule has 3 aromatic heterocycles. The average Bonchev–Trinajstić information content (AvgIpc) is 3.38. The zero-order chi connectivity index (χ0) is 17.8. The normalized spacial score (nSPS) is 11.1. The Hall–Kier alpha value is -3.28. The molecule has 0 aliphatic carbocycles. The van der Waals surface area contributed by atoms with Gasteiger partial charge in [0.15, 0.2) is 5.58 Å². The standard InChI is InChI=1S/C20H20N4O2/c25-20(22-8-4-10-23-11-9-21-15-23)18-13-19-17(7-12-26-19)24(18)14-16-5-2-1-3-6-16/h1-3,5-7,9,11-13,15H,4,8,10,14H2,(H,22,25). The van der Waals surface area contributed by atoms with E-state index >= 15 is 0 Å². The van der Waals surface area contributed by atoms with Crippen LogP contribution in [-0.2, 0) is 13.1 Å². The molecule has 6 heteroatoms. The minimum atomic E-state index is -0.0852. The fraction of sp³-hybridized carbons (Fsp3) is 0.200. The predicted octanol–water partition coefficient (Wildman–Crippen LogP) is 3.30. The second kappa shape index (κ2) is 7.31. The molecule has 0 bridgehead atoms. The van der Waals surface area contributed by atoms with Crippen molar-refractivity contribution in [2.24, 2.45) is 0 Å². The molecule has 4 rings (SSSR count). The van der Waals surface area contributed by atoms with E-state index in [2.05, 4.69) is 22.4 Å². The van der Waals surface area contributed by atoms with Crippen molar-refractivity contribution in [2.75, 3.05) is 6.54 Å². The van der Waals surface area contributed by atoms with Gasteiger partial charge in [-0.25, -0.2) is 4.98 Å². The third-order valence-corrected chi connectivity index (χ3v) is 4.38. The van der Waals surface area contributed by atoms with Crippen molar-refractivity contribution in [2.45, 2.75) is 19.5 Å². The van der Waals surface area contributed by atoms with E-state index in [0.29, 0.717) is 18.8 Å². The highest BCUT2D eigenvalue weighted by atomic mass is 16.3. The molecule has 1 amide bonds. The van der Waals surface area contributed by atoms with Crippen LogP contribution in [0.5, 0.6) is 0 Å². The molecule has 0 aliphatic rings. The highest BCUT2D eigenvalue weighted by molar-refractivity contribution is 5.97. The van der Waals surface area contributed by atoms with Crippen LogP contribution in [-0.4, -0.2) is 26.6 Å². The first kappa shape index (κ1) is 16.2. The van der Waals surface area contributed by atoms with Crippen molar-refractivity contribution in [3.05, 3.63) is 78.7 Å². The molecule has 0 saturated carbocycles. The molecule has 0 spiro atoms. The fourth-order valence-electron chi connectivity index (χ4n) is 3.07. The summed E-state index contributed by atoms with van der Waals surface area (Å²) in [5.41, 5.74) is 3.41. The molecule has 0 fully saturated rings. The lowest BCUT2D eigenvalue weighted by Gasteiger charge is -2.11. The summed E-state index contributed by atoms with van der Waals surface area (Å²) in [4.78, 5) is 16.7. The van der Waals surface area contributed by atoms with Crippen LogP contribution in [0.2, 0.25) is 0 Å². The molecule has 132 valence electrons. The van der Waals surface area contributed by atoms with Gasteiger partial charge in [-0.1, -0.05) is 30.3 Å². The number of benzene rings is 1. The fourth-order valence-corrected chi connectivity index (χ4v) is 3.07. The Bertz CT molecular complexity index is 984. The SMILES string of the molecule is O=C(NCCCn1ccnc1)c1cc2occc2n1Cc1ccccc1. The average molecular weight is 348 g/mol. The van der Waals surface area contributed by atoms with Gasteiger partial charge in [-0.2, -0.15) is 0 Å². The second-order valence-electron chi connectivity index (χ2n) is 6.18. The summed E-state index contributed by atoms with van der Waals surface area (Å²) in [6, 6.07) is 13.8. The monoisotopic (exact) mass is 348 g/mol. The number of rotatable bonds is 7. The number of furan rings is 1. The van der Waals surface area contributed by atoms with Crippen LogP contribution in [0.3, 0.4) is 0 Å². The van der Waals surface area contributed by atoms with Gasteiger partial charge in [0.05, 0.1) is 18.1 Å². The van der Waals surface area contributed by atoms with Crippen LogP contribution in [0.1, 0.15) is 22.5 Å². The number of aromatic nitrogens is 3. The summed E-state index contributed by atoms with van der Waals surface area (Å²) in [6.07, 6.45) is 7.95. The van der Waals surface area contributed by atoms with E-state index in [-0.39, 0.29) is 5.91 Å². The number of nitrogens with zero attached hydrogens (tertiary/aromatic N) is 3. The minimum absolute atomic E-state index is 0.0852. The molecule has 1 N–H and O–H groups in total. The number of nitrogens with one attached hydrogen (secondary N) is 1. The van der Waals surface area contributed by atoms with Gasteiger partial charge >= 0.3 is 0 Å². The first-order valence-electron chi connectivity index (χ1n) is 8.66. The number of carbonyl (C=O) groups is 1. The first-order valence-corrected chi connectivity index (χ1v) is 8.66. The van der Waals surface area contributed by atoms with Crippen LogP contribution in [0.15, 0.2) is 71.9 Å². The maximum absolute atomic E-state index is 12.7. The van der Waals surface area contributed by atoms with Gasteiger partial charge in [0.2, 0.25) is 0 Å². The highest BCUT2D eigenvalue weighted by Gasteiger charge is 2.17. The van der Waals surface area contributed by atoms with Gasteiger partial charge in [-0.3, -0.25) is 4.79 Å². The summed E-state index contributed by atoms with van der Waals surface area (Å²) in [7, 11) is 0. The third kappa shape index (κ3) is 3.39. The summed E-state index contributed by atoms with van der Waals surface area (Å²) in [6.45, 7) is 2.06. The van der Waals surface area contributed by atoms with Gasteiger partial charge in [0.1, 0.15) is 5.69 Å². The lowest BCUT2D eigenvalue weighted by atomic mass is 10.2. The molecule has 0 radical (unpaired) electrons. The van der Waals surface area contributed by atoms with E-state index in [9.17, 15) is 4.79 Å². The van der Waals surface area contributed by atoms with E-state index in [1.54, 1.807) is 18.8 Å². The van der Waals surface area contributed by atoms with Gasteiger partial charge < -0.3 is 18.9 Å². The van der Waals surface area contributed by atoms with Crippen LogP contribution < -0.4 is 5.32 Å². The molecular weight excluding hydrogens is 328 g/mol. The van der Waals surface area contributed by atoms with Gasteiger partial charge in [-0.05, 0) is 12.0 Å². The summed E-state index contributed by atoms with van der Waals surface area (Å²) >= 11 is 0. The van der Waals surface area contributed by atoms with Gasteiger partial charge in [0.25, 0.3) is 5.91 Å². The molecule has 0 aliphatic heterocycles. The topological polar surface area (TPSA) is 65.0 Å². The Kier molecular flexibility index (Phi) is 4.55. The first-order chi connectivity index (χ1) is 12.8. The number of hydrogen-bond donors (Lipinski definition) is 1. The van der Waals surface area contributed by atoms with Gasteiger partial charge in [0, 0.05) is 44.2 Å². The summed E-state index contributed by atoms with van der Waals surface area (Å²) < 4.78 is 9.49. The Labute approximate surface area is 151 Å².